The van der Waals surface area contributed by atoms with Gasteiger partial charge in [0, 0.05) is 23.7 Å². The molecule has 0 unspecified atom stereocenters. The van der Waals surface area contributed by atoms with E-state index in [2.05, 4.69) is 14.7 Å². The number of carbonyl (C=O) groups excluding carboxylic acids is 1. The summed E-state index contributed by atoms with van der Waals surface area (Å²) in [6.07, 6.45) is 3.08. The second-order valence-corrected chi connectivity index (χ2v) is 5.59. The molecule has 0 saturated carbocycles. The number of nitro groups is 1. The number of nitrogens with one attached hydrogen (secondary N) is 1. The minimum atomic E-state index is -0.650. The van der Waals surface area contributed by atoms with E-state index in [1.54, 1.807) is 18.4 Å². The van der Waals surface area contributed by atoms with Crippen molar-refractivity contribution in [1.29, 1.82) is 5.26 Å². The second-order valence-electron chi connectivity index (χ2n) is 4.06. The third kappa shape index (κ3) is 4.35. The van der Waals surface area contributed by atoms with E-state index in [4.69, 9.17) is 5.26 Å². The Morgan fingerprint density at radius 3 is 2.96 bits per heavy atom. The molecule has 0 saturated heterocycles. The topological polar surface area (TPSA) is 122 Å². The van der Waals surface area contributed by atoms with Crippen molar-refractivity contribution in [3.8, 4) is 6.07 Å². The lowest BCUT2D eigenvalue weighted by molar-refractivity contribution is -0.384. The summed E-state index contributed by atoms with van der Waals surface area (Å²) in [6, 6.07) is 7.42. The fraction of sp³-hybridized carbons (Fsp3) is 0.0769. The van der Waals surface area contributed by atoms with Crippen molar-refractivity contribution in [1.82, 2.24) is 9.36 Å². The number of nitrogens with zero attached hydrogens (tertiary/aromatic N) is 4. The maximum absolute atomic E-state index is 12.1. The first kappa shape index (κ1) is 16.6. The number of carbonyl (C=O) groups is 1. The molecule has 2 aromatic rings. The van der Waals surface area contributed by atoms with Crippen LogP contribution in [0.2, 0.25) is 0 Å². The SMILES string of the molecule is CSc1nsc(NC(=O)C(C#N)=Cc2cccc([N+](=O)[O-])c2)n1. The number of anilines is 1. The Morgan fingerprint density at radius 1 is 1.57 bits per heavy atom. The number of aromatic nitrogens is 2. The number of rotatable bonds is 5. The average Bonchev–Trinajstić information content (AvgIpc) is 3.00. The molecule has 1 N–H and O–H groups in total. The smallest absolute Gasteiger partial charge is 0.270 e. The Bertz CT molecular complexity index is 825. The third-order valence-electron chi connectivity index (χ3n) is 2.57. The van der Waals surface area contributed by atoms with Crippen LogP contribution >= 0.6 is 23.3 Å². The van der Waals surface area contributed by atoms with Crippen molar-refractivity contribution in [3.05, 3.63) is 45.5 Å². The second kappa shape index (κ2) is 7.48. The van der Waals surface area contributed by atoms with Gasteiger partial charge in [-0.1, -0.05) is 23.9 Å². The van der Waals surface area contributed by atoms with Gasteiger partial charge in [-0.05, 0) is 17.9 Å². The molecule has 0 aliphatic rings. The van der Waals surface area contributed by atoms with Crippen LogP contribution in [-0.2, 0) is 4.79 Å². The number of non-ortho nitro benzene ring substituents is 1. The summed E-state index contributed by atoms with van der Waals surface area (Å²) in [6.45, 7) is 0. The minimum absolute atomic E-state index is 0.120. The molecule has 1 aromatic heterocycles. The van der Waals surface area contributed by atoms with Crippen LogP contribution in [0.15, 0.2) is 35.0 Å². The number of benzene rings is 1. The van der Waals surface area contributed by atoms with Crippen LogP contribution in [0.25, 0.3) is 6.08 Å². The van der Waals surface area contributed by atoms with Crippen LogP contribution in [0.5, 0.6) is 0 Å². The minimum Gasteiger partial charge on any atom is -0.296 e. The molecule has 0 radical (unpaired) electrons. The lowest BCUT2D eigenvalue weighted by Gasteiger charge is -2.00. The molecular weight excluding hydrogens is 338 g/mol. The van der Waals surface area contributed by atoms with Crippen molar-refractivity contribution in [3.63, 3.8) is 0 Å². The summed E-state index contributed by atoms with van der Waals surface area (Å²) in [5.74, 6) is -0.650. The van der Waals surface area contributed by atoms with Crippen molar-refractivity contribution in [2.45, 2.75) is 5.16 Å². The normalized spacial score (nSPS) is 10.9. The van der Waals surface area contributed by atoms with Crippen LogP contribution < -0.4 is 5.32 Å². The predicted octanol–water partition coefficient (Wildman–Crippen LogP) is 2.71. The molecule has 0 fully saturated rings. The van der Waals surface area contributed by atoms with E-state index >= 15 is 0 Å². The molecule has 2 rings (SSSR count). The van der Waals surface area contributed by atoms with Gasteiger partial charge in [0.25, 0.3) is 11.6 Å². The van der Waals surface area contributed by atoms with Gasteiger partial charge in [-0.15, -0.1) is 0 Å². The summed E-state index contributed by atoms with van der Waals surface area (Å²) in [5, 5.41) is 23.1. The Kier molecular flexibility index (Phi) is 5.40. The van der Waals surface area contributed by atoms with Gasteiger partial charge in [0.2, 0.25) is 10.3 Å². The predicted molar refractivity (Wildman–Crippen MR) is 87.0 cm³/mol. The van der Waals surface area contributed by atoms with Gasteiger partial charge in [-0.25, -0.2) is 0 Å². The molecule has 116 valence electrons. The standard InChI is InChI=1S/C13H9N5O3S2/c1-22-13-16-12(23-17-13)15-11(19)9(7-14)5-8-3-2-4-10(6-8)18(20)21/h2-6H,1H3,(H,15,16,17,19). The van der Waals surface area contributed by atoms with Gasteiger partial charge in [-0.3, -0.25) is 20.2 Å². The number of nitro benzene ring substituents is 1. The number of thioether (sulfide) groups is 1. The maximum Gasteiger partial charge on any atom is 0.270 e. The van der Waals surface area contributed by atoms with Crippen LogP contribution in [-0.4, -0.2) is 26.4 Å². The van der Waals surface area contributed by atoms with Gasteiger partial charge >= 0.3 is 0 Å². The molecule has 1 heterocycles. The fourth-order valence-electron chi connectivity index (χ4n) is 1.55. The quantitative estimate of drug-likeness (QED) is 0.290. The Hall–Kier alpha value is -2.77. The first-order valence-electron chi connectivity index (χ1n) is 6.09. The zero-order valence-corrected chi connectivity index (χ0v) is 13.3. The molecule has 8 nitrogen and oxygen atoms in total. The summed E-state index contributed by atoms with van der Waals surface area (Å²) in [7, 11) is 0. The maximum atomic E-state index is 12.1. The first-order chi connectivity index (χ1) is 11.0. The van der Waals surface area contributed by atoms with E-state index in [-0.39, 0.29) is 16.4 Å². The highest BCUT2D eigenvalue weighted by atomic mass is 32.2. The lowest BCUT2D eigenvalue weighted by Crippen LogP contribution is -2.13. The van der Waals surface area contributed by atoms with Crippen molar-refractivity contribution in [2.24, 2.45) is 0 Å². The summed E-state index contributed by atoms with van der Waals surface area (Å²) in [5.41, 5.74) is 0.0737. The summed E-state index contributed by atoms with van der Waals surface area (Å²) < 4.78 is 3.99. The van der Waals surface area contributed by atoms with Crippen LogP contribution in [0, 0.1) is 21.4 Å². The molecule has 23 heavy (non-hydrogen) atoms. The van der Waals surface area contributed by atoms with E-state index in [1.165, 1.54) is 36.0 Å². The summed E-state index contributed by atoms with van der Waals surface area (Å²) >= 11 is 2.33. The number of hydrogen-bond donors (Lipinski definition) is 1. The van der Waals surface area contributed by atoms with E-state index in [1.807, 2.05) is 0 Å². The monoisotopic (exact) mass is 347 g/mol. The van der Waals surface area contributed by atoms with Crippen LogP contribution in [0.3, 0.4) is 0 Å². The van der Waals surface area contributed by atoms with E-state index in [0.29, 0.717) is 10.7 Å². The van der Waals surface area contributed by atoms with Crippen molar-refractivity contribution < 1.29 is 9.72 Å². The number of amides is 1. The number of hydrogen-bond acceptors (Lipinski definition) is 8. The van der Waals surface area contributed by atoms with E-state index < -0.39 is 10.8 Å². The van der Waals surface area contributed by atoms with Crippen LogP contribution in [0.4, 0.5) is 10.8 Å². The molecule has 10 heteroatoms. The highest BCUT2D eigenvalue weighted by Gasteiger charge is 2.13. The highest BCUT2D eigenvalue weighted by Crippen LogP contribution is 2.19. The zero-order chi connectivity index (χ0) is 16.8. The molecule has 0 atom stereocenters. The van der Waals surface area contributed by atoms with E-state index in [9.17, 15) is 14.9 Å². The average molecular weight is 347 g/mol. The zero-order valence-electron chi connectivity index (χ0n) is 11.7. The van der Waals surface area contributed by atoms with Crippen molar-refractivity contribution >= 4 is 46.1 Å². The van der Waals surface area contributed by atoms with Gasteiger partial charge in [0.05, 0.1) is 4.92 Å². The number of nitriles is 1. The molecule has 0 spiro atoms. The van der Waals surface area contributed by atoms with Gasteiger partial charge in [-0.2, -0.15) is 14.6 Å². The van der Waals surface area contributed by atoms with Crippen molar-refractivity contribution in [2.75, 3.05) is 11.6 Å². The van der Waals surface area contributed by atoms with E-state index in [0.717, 1.165) is 11.5 Å². The molecular formula is C13H9N5O3S2. The third-order valence-corrected chi connectivity index (χ3v) is 3.86. The van der Waals surface area contributed by atoms with Crippen LogP contribution in [0.1, 0.15) is 5.56 Å². The van der Waals surface area contributed by atoms with Gasteiger partial charge < -0.3 is 0 Å². The Morgan fingerprint density at radius 2 is 2.35 bits per heavy atom. The molecule has 0 aliphatic heterocycles. The van der Waals surface area contributed by atoms with Gasteiger partial charge in [0.1, 0.15) is 11.6 Å². The fourth-order valence-corrected chi connectivity index (χ4v) is 2.67. The Balaban J connectivity index is 2.21. The molecule has 1 aromatic carbocycles. The largest absolute Gasteiger partial charge is 0.296 e. The molecule has 0 aliphatic carbocycles. The lowest BCUT2D eigenvalue weighted by atomic mass is 10.1. The Labute approximate surface area is 139 Å². The molecule has 0 bridgehead atoms. The van der Waals surface area contributed by atoms with Gasteiger partial charge in [0.15, 0.2) is 0 Å². The highest BCUT2D eigenvalue weighted by molar-refractivity contribution is 7.98. The molecule has 1 amide bonds. The summed E-state index contributed by atoms with van der Waals surface area (Å²) in [4.78, 5) is 26.3. The first-order valence-corrected chi connectivity index (χ1v) is 8.08.